The van der Waals surface area contributed by atoms with Gasteiger partial charge in [-0.2, -0.15) is 0 Å². The monoisotopic (exact) mass is 418 g/mol. The SMILES string of the molecule is NC(=O)NC(Cc1ccccc1)C(=O)Nc1ccc(-c2nnc3n2CCCCC3)cc1. The molecule has 0 saturated carbocycles. The van der Waals surface area contributed by atoms with Crippen LogP contribution in [0, 0.1) is 0 Å². The van der Waals surface area contributed by atoms with E-state index in [0.717, 1.165) is 48.6 Å². The lowest BCUT2D eigenvalue weighted by molar-refractivity contribution is -0.117. The number of aryl methyl sites for hydroxylation is 1. The number of nitrogens with zero attached hydrogens (tertiary/aromatic N) is 3. The van der Waals surface area contributed by atoms with Gasteiger partial charge in [0.25, 0.3) is 0 Å². The third kappa shape index (κ3) is 5.09. The van der Waals surface area contributed by atoms with Crippen molar-refractivity contribution in [1.82, 2.24) is 20.1 Å². The molecule has 0 radical (unpaired) electrons. The molecule has 160 valence electrons. The number of amides is 3. The van der Waals surface area contributed by atoms with E-state index in [9.17, 15) is 9.59 Å². The van der Waals surface area contributed by atoms with Crippen LogP contribution in [0.5, 0.6) is 0 Å². The number of nitrogens with one attached hydrogen (secondary N) is 2. The van der Waals surface area contributed by atoms with Crippen molar-refractivity contribution in [2.24, 2.45) is 5.73 Å². The molecule has 3 amide bonds. The Labute approximate surface area is 180 Å². The molecule has 0 aliphatic carbocycles. The lowest BCUT2D eigenvalue weighted by atomic mass is 10.1. The van der Waals surface area contributed by atoms with Gasteiger partial charge in [0, 0.05) is 30.6 Å². The molecule has 2 heterocycles. The molecule has 1 aromatic heterocycles. The zero-order valence-electron chi connectivity index (χ0n) is 17.3. The number of hydrogen-bond acceptors (Lipinski definition) is 4. The van der Waals surface area contributed by atoms with Crippen LogP contribution in [0.1, 0.15) is 30.7 Å². The van der Waals surface area contributed by atoms with Gasteiger partial charge in [-0.05, 0) is 42.7 Å². The molecule has 8 heteroatoms. The number of hydrogen-bond donors (Lipinski definition) is 3. The van der Waals surface area contributed by atoms with Crippen molar-refractivity contribution < 1.29 is 9.59 Å². The van der Waals surface area contributed by atoms with E-state index in [4.69, 9.17) is 5.73 Å². The van der Waals surface area contributed by atoms with Crippen molar-refractivity contribution in [3.8, 4) is 11.4 Å². The van der Waals surface area contributed by atoms with Crippen LogP contribution in [-0.4, -0.2) is 32.7 Å². The Bertz CT molecular complexity index is 1050. The summed E-state index contributed by atoms with van der Waals surface area (Å²) in [5.74, 6) is 1.56. The molecule has 1 aliphatic rings. The third-order valence-electron chi connectivity index (χ3n) is 5.44. The second kappa shape index (κ2) is 9.42. The van der Waals surface area contributed by atoms with Crippen LogP contribution in [0.2, 0.25) is 0 Å². The fourth-order valence-corrected chi connectivity index (χ4v) is 3.86. The summed E-state index contributed by atoms with van der Waals surface area (Å²) < 4.78 is 2.19. The number of benzene rings is 2. The number of carbonyl (C=O) groups excluding carboxylic acids is 2. The molecule has 0 spiro atoms. The molecule has 1 aliphatic heterocycles. The Morgan fingerprint density at radius 3 is 2.52 bits per heavy atom. The summed E-state index contributed by atoms with van der Waals surface area (Å²) in [6, 6.07) is 15.5. The molecule has 4 rings (SSSR count). The van der Waals surface area contributed by atoms with Crippen molar-refractivity contribution in [2.75, 3.05) is 5.32 Å². The van der Waals surface area contributed by atoms with Crippen LogP contribution in [0.3, 0.4) is 0 Å². The van der Waals surface area contributed by atoms with Gasteiger partial charge < -0.3 is 20.9 Å². The first-order valence-electron chi connectivity index (χ1n) is 10.5. The van der Waals surface area contributed by atoms with Gasteiger partial charge in [0.05, 0.1) is 0 Å². The maximum absolute atomic E-state index is 12.8. The summed E-state index contributed by atoms with van der Waals surface area (Å²) in [5, 5.41) is 14.1. The summed E-state index contributed by atoms with van der Waals surface area (Å²) >= 11 is 0. The van der Waals surface area contributed by atoms with E-state index in [1.807, 2.05) is 54.6 Å². The summed E-state index contributed by atoms with van der Waals surface area (Å²) in [6.07, 6.45) is 4.78. The molecule has 4 N–H and O–H groups in total. The zero-order chi connectivity index (χ0) is 21.6. The minimum absolute atomic E-state index is 0.327. The molecular weight excluding hydrogens is 392 g/mol. The smallest absolute Gasteiger partial charge is 0.312 e. The highest BCUT2D eigenvalue weighted by molar-refractivity contribution is 5.97. The number of fused-ring (bicyclic) bond motifs is 1. The van der Waals surface area contributed by atoms with E-state index >= 15 is 0 Å². The van der Waals surface area contributed by atoms with Crippen molar-refractivity contribution in [1.29, 1.82) is 0 Å². The number of rotatable bonds is 6. The minimum atomic E-state index is -0.771. The van der Waals surface area contributed by atoms with Crippen LogP contribution >= 0.6 is 0 Å². The van der Waals surface area contributed by atoms with Crippen LogP contribution < -0.4 is 16.4 Å². The molecule has 8 nitrogen and oxygen atoms in total. The predicted molar refractivity (Wildman–Crippen MR) is 118 cm³/mol. The highest BCUT2D eigenvalue weighted by atomic mass is 16.2. The Balaban J connectivity index is 1.46. The van der Waals surface area contributed by atoms with Crippen molar-refractivity contribution in [3.05, 3.63) is 66.0 Å². The van der Waals surface area contributed by atoms with Gasteiger partial charge >= 0.3 is 6.03 Å². The number of anilines is 1. The maximum Gasteiger partial charge on any atom is 0.312 e. The fraction of sp³-hybridized carbons (Fsp3) is 0.304. The van der Waals surface area contributed by atoms with Gasteiger partial charge in [0.2, 0.25) is 5.91 Å². The second-order valence-corrected chi connectivity index (χ2v) is 7.72. The van der Waals surface area contributed by atoms with Crippen LogP contribution in [-0.2, 0) is 24.2 Å². The number of urea groups is 1. The Morgan fingerprint density at radius 1 is 1.00 bits per heavy atom. The van der Waals surface area contributed by atoms with Gasteiger partial charge in [-0.1, -0.05) is 36.8 Å². The second-order valence-electron chi connectivity index (χ2n) is 7.72. The first-order chi connectivity index (χ1) is 15.1. The molecule has 0 saturated heterocycles. The lowest BCUT2D eigenvalue weighted by Crippen LogP contribution is -2.47. The van der Waals surface area contributed by atoms with Crippen molar-refractivity contribution >= 4 is 17.6 Å². The molecular formula is C23H26N6O2. The van der Waals surface area contributed by atoms with Gasteiger partial charge in [0.15, 0.2) is 5.82 Å². The molecule has 0 fully saturated rings. The Kier molecular flexibility index (Phi) is 6.26. The molecule has 2 aromatic carbocycles. The first kappa shape index (κ1) is 20.6. The maximum atomic E-state index is 12.8. The number of aromatic nitrogens is 3. The zero-order valence-corrected chi connectivity index (χ0v) is 17.3. The van der Waals surface area contributed by atoms with Gasteiger partial charge in [-0.3, -0.25) is 4.79 Å². The number of carbonyl (C=O) groups is 2. The highest BCUT2D eigenvalue weighted by Crippen LogP contribution is 2.24. The van der Waals surface area contributed by atoms with E-state index < -0.39 is 12.1 Å². The van der Waals surface area contributed by atoms with E-state index in [2.05, 4.69) is 25.4 Å². The number of nitrogens with two attached hydrogens (primary N) is 1. The molecule has 1 atom stereocenters. The van der Waals surface area contributed by atoms with Crippen molar-refractivity contribution in [3.63, 3.8) is 0 Å². The minimum Gasteiger partial charge on any atom is -0.352 e. The Hall–Kier alpha value is -3.68. The van der Waals surface area contributed by atoms with Crippen LogP contribution in [0.25, 0.3) is 11.4 Å². The van der Waals surface area contributed by atoms with Gasteiger partial charge in [-0.15, -0.1) is 10.2 Å². The van der Waals surface area contributed by atoms with Crippen molar-refractivity contribution in [2.45, 2.75) is 44.7 Å². The number of primary amides is 1. The third-order valence-corrected chi connectivity index (χ3v) is 5.44. The summed E-state index contributed by atoms with van der Waals surface area (Å²) in [5.41, 5.74) is 7.79. The Morgan fingerprint density at radius 2 is 1.77 bits per heavy atom. The standard InChI is InChI=1S/C23H26N6O2/c24-23(31)26-19(15-16-7-3-1-4-8-16)22(30)25-18-12-10-17(11-13-18)21-28-27-20-9-5-2-6-14-29(20)21/h1,3-4,7-8,10-13,19H,2,5-6,9,14-15H2,(H,25,30)(H3,24,26,31). The molecule has 1 unspecified atom stereocenters. The van der Waals surface area contributed by atoms with Gasteiger partial charge in [0.1, 0.15) is 11.9 Å². The van der Waals surface area contributed by atoms with E-state index in [1.165, 1.54) is 6.42 Å². The average Bonchev–Trinajstić information content (AvgIpc) is 3.02. The normalized spacial score (nSPS) is 14.2. The molecule has 3 aromatic rings. The summed E-state index contributed by atoms with van der Waals surface area (Å²) in [7, 11) is 0. The summed E-state index contributed by atoms with van der Waals surface area (Å²) in [4.78, 5) is 24.2. The fourth-order valence-electron chi connectivity index (χ4n) is 3.86. The topological polar surface area (TPSA) is 115 Å². The first-order valence-corrected chi connectivity index (χ1v) is 10.5. The quantitative estimate of drug-likeness (QED) is 0.571. The lowest BCUT2D eigenvalue weighted by Gasteiger charge is -2.17. The molecule has 31 heavy (non-hydrogen) atoms. The largest absolute Gasteiger partial charge is 0.352 e. The van der Waals surface area contributed by atoms with Crippen LogP contribution in [0.4, 0.5) is 10.5 Å². The predicted octanol–water partition coefficient (Wildman–Crippen LogP) is 2.89. The van der Waals surface area contributed by atoms with E-state index in [0.29, 0.717) is 12.1 Å². The summed E-state index contributed by atoms with van der Waals surface area (Å²) in [6.45, 7) is 0.927. The van der Waals surface area contributed by atoms with Crippen LogP contribution in [0.15, 0.2) is 54.6 Å². The van der Waals surface area contributed by atoms with Gasteiger partial charge in [-0.25, -0.2) is 4.79 Å². The van der Waals surface area contributed by atoms with E-state index in [1.54, 1.807) is 0 Å². The van der Waals surface area contributed by atoms with E-state index in [-0.39, 0.29) is 5.91 Å². The average molecular weight is 419 g/mol. The molecule has 0 bridgehead atoms. The highest BCUT2D eigenvalue weighted by Gasteiger charge is 2.21.